The minimum atomic E-state index is 0.0297. The number of thioether (sulfide) groups is 1. The van der Waals surface area contributed by atoms with Crippen molar-refractivity contribution >= 4 is 28.4 Å². The number of benzene rings is 2. The zero-order valence-corrected chi connectivity index (χ0v) is 17.5. The summed E-state index contributed by atoms with van der Waals surface area (Å²) in [6.07, 6.45) is 0. The van der Waals surface area contributed by atoms with Crippen LogP contribution in [0.3, 0.4) is 0 Å². The van der Waals surface area contributed by atoms with Crippen molar-refractivity contribution in [1.29, 1.82) is 0 Å². The molecule has 3 rings (SSSR count). The van der Waals surface area contributed by atoms with E-state index in [1.807, 2.05) is 54.6 Å². The van der Waals surface area contributed by atoms with Gasteiger partial charge in [0.1, 0.15) is 10.7 Å². The molecule has 6 nitrogen and oxygen atoms in total. The van der Waals surface area contributed by atoms with E-state index in [0.29, 0.717) is 26.3 Å². The lowest BCUT2D eigenvalue weighted by Gasteiger charge is -2.21. The highest BCUT2D eigenvalue weighted by atomic mass is 32.2. The molecular weight excluding hydrogens is 386 g/mol. The fourth-order valence-electron chi connectivity index (χ4n) is 2.98. The maximum absolute atomic E-state index is 12.7. The number of aromatic nitrogens is 2. The third kappa shape index (κ3) is 5.53. The van der Waals surface area contributed by atoms with Crippen LogP contribution in [0.5, 0.6) is 0 Å². The summed E-state index contributed by atoms with van der Waals surface area (Å²) in [7, 11) is 3.26. The van der Waals surface area contributed by atoms with Crippen molar-refractivity contribution < 1.29 is 14.3 Å². The number of carbonyl (C=O) groups excluding carboxylic acids is 1. The molecule has 2 aromatic carbocycles. The number of hydrogen-bond donors (Lipinski definition) is 0. The molecule has 0 saturated heterocycles. The Morgan fingerprint density at radius 1 is 0.897 bits per heavy atom. The normalized spacial score (nSPS) is 11.0. The van der Waals surface area contributed by atoms with Crippen molar-refractivity contribution in [3.05, 3.63) is 54.6 Å². The lowest BCUT2D eigenvalue weighted by molar-refractivity contribution is -0.129. The summed E-state index contributed by atoms with van der Waals surface area (Å²) < 4.78 is 10.2. The molecule has 0 atom stereocenters. The molecule has 1 heterocycles. The first-order valence-corrected chi connectivity index (χ1v) is 10.4. The van der Waals surface area contributed by atoms with Gasteiger partial charge in [0.2, 0.25) is 5.91 Å². The van der Waals surface area contributed by atoms with Gasteiger partial charge in [-0.25, -0.2) is 0 Å². The van der Waals surface area contributed by atoms with Crippen molar-refractivity contribution in [2.45, 2.75) is 5.03 Å². The highest BCUT2D eigenvalue weighted by Gasteiger charge is 2.16. The third-order valence-corrected chi connectivity index (χ3v) is 5.48. The van der Waals surface area contributed by atoms with Crippen molar-refractivity contribution in [2.75, 3.05) is 46.3 Å². The quantitative estimate of drug-likeness (QED) is 0.476. The molecule has 3 aromatic rings. The maximum Gasteiger partial charge on any atom is 0.233 e. The molecule has 1 amide bonds. The fraction of sp³-hybridized carbons (Fsp3) is 0.318. The largest absolute Gasteiger partial charge is 0.383 e. The molecule has 0 radical (unpaired) electrons. The first-order chi connectivity index (χ1) is 14.2. The summed E-state index contributed by atoms with van der Waals surface area (Å²) in [5, 5.41) is 11.7. The van der Waals surface area contributed by atoms with Gasteiger partial charge in [-0.15, -0.1) is 10.2 Å². The Hall–Kier alpha value is -2.48. The maximum atomic E-state index is 12.7. The lowest BCUT2D eigenvalue weighted by atomic mass is 10.1. The van der Waals surface area contributed by atoms with E-state index >= 15 is 0 Å². The highest BCUT2D eigenvalue weighted by Crippen LogP contribution is 2.31. The van der Waals surface area contributed by atoms with Crippen LogP contribution < -0.4 is 0 Å². The molecule has 0 spiro atoms. The van der Waals surface area contributed by atoms with Gasteiger partial charge in [-0.05, 0) is 0 Å². The van der Waals surface area contributed by atoms with Crippen LogP contribution in [0.1, 0.15) is 0 Å². The van der Waals surface area contributed by atoms with Crippen LogP contribution in [-0.4, -0.2) is 67.3 Å². The summed E-state index contributed by atoms with van der Waals surface area (Å²) in [4.78, 5) is 14.5. The molecule has 1 aromatic heterocycles. The molecule has 0 aliphatic carbocycles. The van der Waals surface area contributed by atoms with E-state index in [2.05, 4.69) is 10.2 Å². The van der Waals surface area contributed by atoms with E-state index < -0.39 is 0 Å². The molecule has 0 bridgehead atoms. The van der Waals surface area contributed by atoms with Crippen LogP contribution in [0.4, 0.5) is 0 Å². The zero-order chi connectivity index (χ0) is 20.5. The molecule has 7 heteroatoms. The Morgan fingerprint density at radius 2 is 1.52 bits per heavy atom. The lowest BCUT2D eigenvalue weighted by Crippen LogP contribution is -2.37. The number of amides is 1. The average molecular weight is 412 g/mol. The van der Waals surface area contributed by atoms with Crippen LogP contribution in [0.2, 0.25) is 0 Å². The van der Waals surface area contributed by atoms with Gasteiger partial charge in [0.25, 0.3) is 0 Å². The van der Waals surface area contributed by atoms with Gasteiger partial charge in [-0.3, -0.25) is 4.79 Å². The molecule has 0 fully saturated rings. The topological polar surface area (TPSA) is 64.6 Å². The summed E-state index contributed by atoms with van der Waals surface area (Å²) in [6.45, 7) is 2.07. The SMILES string of the molecule is COCCN(CCOC)C(=O)CSc1nnc(-c2ccccc2)c2ccccc12. The van der Waals surface area contributed by atoms with Crippen molar-refractivity contribution in [1.82, 2.24) is 15.1 Å². The van der Waals surface area contributed by atoms with E-state index in [1.54, 1.807) is 19.1 Å². The third-order valence-electron chi connectivity index (χ3n) is 4.52. The van der Waals surface area contributed by atoms with Crippen molar-refractivity contribution in [2.24, 2.45) is 0 Å². The minimum absolute atomic E-state index is 0.0297. The molecule has 0 aliphatic heterocycles. The van der Waals surface area contributed by atoms with E-state index in [0.717, 1.165) is 27.1 Å². The summed E-state index contributed by atoms with van der Waals surface area (Å²) in [6, 6.07) is 18.0. The van der Waals surface area contributed by atoms with Crippen LogP contribution >= 0.6 is 11.8 Å². The number of rotatable bonds is 10. The number of hydrogen-bond acceptors (Lipinski definition) is 6. The Labute approximate surface area is 175 Å². The molecule has 0 aliphatic rings. The first-order valence-electron chi connectivity index (χ1n) is 9.44. The van der Waals surface area contributed by atoms with Crippen LogP contribution in [0.25, 0.3) is 22.0 Å². The van der Waals surface area contributed by atoms with Gasteiger partial charge in [0.15, 0.2) is 0 Å². The van der Waals surface area contributed by atoms with E-state index in [9.17, 15) is 4.79 Å². The van der Waals surface area contributed by atoms with Gasteiger partial charge >= 0.3 is 0 Å². The summed E-state index contributed by atoms with van der Waals surface area (Å²) >= 11 is 1.41. The number of ether oxygens (including phenoxy) is 2. The van der Waals surface area contributed by atoms with Crippen LogP contribution in [0, 0.1) is 0 Å². The molecule has 0 unspecified atom stereocenters. The van der Waals surface area contributed by atoms with Gasteiger partial charge in [0, 0.05) is 43.6 Å². The Balaban J connectivity index is 1.79. The molecule has 0 saturated carbocycles. The average Bonchev–Trinajstić information content (AvgIpc) is 2.78. The predicted molar refractivity (Wildman–Crippen MR) is 116 cm³/mol. The predicted octanol–water partition coefficient (Wildman–Crippen LogP) is 3.51. The van der Waals surface area contributed by atoms with E-state index in [-0.39, 0.29) is 11.7 Å². The second-order valence-corrected chi connectivity index (χ2v) is 7.38. The molecule has 152 valence electrons. The van der Waals surface area contributed by atoms with Gasteiger partial charge < -0.3 is 14.4 Å². The fourth-order valence-corrected chi connectivity index (χ4v) is 3.86. The molecule has 0 N–H and O–H groups in total. The number of methoxy groups -OCH3 is 2. The second-order valence-electron chi connectivity index (χ2n) is 6.42. The van der Waals surface area contributed by atoms with Gasteiger partial charge in [-0.2, -0.15) is 0 Å². The zero-order valence-electron chi connectivity index (χ0n) is 16.7. The number of fused-ring (bicyclic) bond motifs is 1. The van der Waals surface area contributed by atoms with Crippen molar-refractivity contribution in [3.8, 4) is 11.3 Å². The molecule has 29 heavy (non-hydrogen) atoms. The number of nitrogens with zero attached hydrogens (tertiary/aromatic N) is 3. The van der Waals surface area contributed by atoms with Gasteiger partial charge in [-0.1, -0.05) is 66.4 Å². The minimum Gasteiger partial charge on any atom is -0.383 e. The second kappa shape index (κ2) is 10.9. The van der Waals surface area contributed by atoms with Gasteiger partial charge in [0.05, 0.1) is 19.0 Å². The van der Waals surface area contributed by atoms with E-state index in [4.69, 9.17) is 9.47 Å². The van der Waals surface area contributed by atoms with Crippen LogP contribution in [0.15, 0.2) is 59.6 Å². The number of carbonyl (C=O) groups is 1. The monoisotopic (exact) mass is 411 g/mol. The summed E-state index contributed by atoms with van der Waals surface area (Å²) in [5.74, 6) is 0.318. The van der Waals surface area contributed by atoms with E-state index in [1.165, 1.54) is 11.8 Å². The highest BCUT2D eigenvalue weighted by molar-refractivity contribution is 8.00. The first kappa shape index (κ1) is 21.2. The Kier molecular flexibility index (Phi) is 7.98. The van der Waals surface area contributed by atoms with Crippen LogP contribution in [-0.2, 0) is 14.3 Å². The smallest absolute Gasteiger partial charge is 0.233 e. The van der Waals surface area contributed by atoms with Crippen molar-refractivity contribution in [3.63, 3.8) is 0 Å². The Bertz CT molecular complexity index is 929. The standard InChI is InChI=1S/C22H25N3O3S/c1-27-14-12-25(13-15-28-2)20(26)16-29-22-19-11-7-6-10-18(19)21(23-24-22)17-8-4-3-5-9-17/h3-11H,12-16H2,1-2H3. The molecular formula is C22H25N3O3S. The summed E-state index contributed by atoms with van der Waals surface area (Å²) in [5.41, 5.74) is 1.87. The Morgan fingerprint density at radius 3 is 2.17 bits per heavy atom.